The number of sulfonamides is 1. The molecular weight excluding hydrogens is 574 g/mol. The van der Waals surface area contributed by atoms with Gasteiger partial charge in [-0.3, -0.25) is 14.4 Å². The number of hydrogen-bond donors (Lipinski definition) is 2. The van der Waals surface area contributed by atoms with E-state index < -0.39 is 22.2 Å². The van der Waals surface area contributed by atoms with Crippen LogP contribution in [0.3, 0.4) is 0 Å². The van der Waals surface area contributed by atoms with Crippen LogP contribution in [0.1, 0.15) is 29.8 Å². The lowest BCUT2D eigenvalue weighted by atomic mass is 9.99. The van der Waals surface area contributed by atoms with Crippen molar-refractivity contribution in [1.82, 2.24) is 9.80 Å². The second-order valence-corrected chi connectivity index (χ2v) is 12.7. The number of nitrogens with one attached hydrogen (secondary N) is 1. The molecule has 1 amide bonds. The van der Waals surface area contributed by atoms with Gasteiger partial charge in [0.25, 0.3) is 15.9 Å². The van der Waals surface area contributed by atoms with E-state index in [0.717, 1.165) is 5.56 Å². The molecule has 2 aliphatic heterocycles. The number of fused-ring (bicyclic) bond motifs is 2. The smallest absolute Gasteiger partial charge is 0.262 e. The lowest BCUT2D eigenvalue weighted by Crippen LogP contribution is -2.49. The zero-order chi connectivity index (χ0) is 30.7. The number of aliphatic hydroxyl groups is 1. The number of aliphatic hydroxyl groups excluding tert-OH is 1. The lowest BCUT2D eigenvalue weighted by Gasteiger charge is -2.38. The largest absolute Gasteiger partial charge is 0.497 e. The molecule has 0 fully saturated rings. The molecule has 0 saturated heterocycles. The van der Waals surface area contributed by atoms with Crippen molar-refractivity contribution in [3.8, 4) is 23.0 Å². The number of amides is 1. The highest BCUT2D eigenvalue weighted by Crippen LogP contribution is 2.37. The number of rotatable bonds is 10. The quantitative estimate of drug-likeness (QED) is 0.354. The molecule has 3 atom stereocenters. The minimum atomic E-state index is -4.03. The fraction of sp³-hybridized carbons (Fsp3) is 0.387. The second-order valence-electron chi connectivity index (χ2n) is 11.0. The third-order valence-electron chi connectivity index (χ3n) is 7.69. The molecular formula is C31H37N3O8S. The number of para-hydroxylation sites is 1. The average Bonchev–Trinajstić information content (AvgIpc) is 3.47. The van der Waals surface area contributed by atoms with Crippen LogP contribution in [-0.2, 0) is 16.6 Å². The third-order valence-corrected chi connectivity index (χ3v) is 9.07. The van der Waals surface area contributed by atoms with E-state index in [1.165, 1.54) is 19.2 Å². The number of methoxy groups -OCH3 is 1. The summed E-state index contributed by atoms with van der Waals surface area (Å²) in [5, 5.41) is 9.96. The zero-order valence-corrected chi connectivity index (χ0v) is 25.5. The van der Waals surface area contributed by atoms with Crippen LogP contribution < -0.4 is 23.7 Å². The van der Waals surface area contributed by atoms with E-state index in [-0.39, 0.29) is 47.1 Å². The first-order valence-corrected chi connectivity index (χ1v) is 15.5. The minimum absolute atomic E-state index is 0.0342. The topological polar surface area (TPSA) is 127 Å². The van der Waals surface area contributed by atoms with Crippen LogP contribution in [0.5, 0.6) is 23.0 Å². The van der Waals surface area contributed by atoms with Crippen LogP contribution in [-0.4, -0.2) is 82.0 Å². The Morgan fingerprint density at radius 2 is 1.86 bits per heavy atom. The van der Waals surface area contributed by atoms with Gasteiger partial charge in [-0.1, -0.05) is 19.1 Å². The van der Waals surface area contributed by atoms with Crippen LogP contribution in [0, 0.1) is 5.92 Å². The van der Waals surface area contributed by atoms with Crippen molar-refractivity contribution < 1.29 is 37.3 Å². The Morgan fingerprint density at radius 1 is 1.12 bits per heavy atom. The monoisotopic (exact) mass is 611 g/mol. The summed E-state index contributed by atoms with van der Waals surface area (Å²) >= 11 is 0. The van der Waals surface area contributed by atoms with Crippen molar-refractivity contribution in [1.29, 1.82) is 0 Å². The van der Waals surface area contributed by atoms with Gasteiger partial charge in [0.2, 0.25) is 6.79 Å². The van der Waals surface area contributed by atoms with Crippen molar-refractivity contribution in [2.75, 3.05) is 45.4 Å². The molecule has 0 bridgehead atoms. The standard InChI is InChI=1S/C31H37N3O8S/c1-20-15-34(21(2)18-35)31(36)25-6-5-7-26(32-43(37,38)24-11-9-23(39-4)10-12-24)30(25)42-29(20)17-33(3)16-22-8-13-27-28(14-22)41-19-40-27/h5-14,20-21,29,32,35H,15-19H2,1-4H3/t20-,21+,29+/m1/s1. The Kier molecular flexibility index (Phi) is 9.00. The summed E-state index contributed by atoms with van der Waals surface area (Å²) in [5.41, 5.74) is 1.39. The summed E-state index contributed by atoms with van der Waals surface area (Å²) in [6.07, 6.45) is -0.425. The van der Waals surface area contributed by atoms with Crippen molar-refractivity contribution in [2.24, 2.45) is 5.92 Å². The van der Waals surface area contributed by atoms with Gasteiger partial charge in [0, 0.05) is 25.6 Å². The Morgan fingerprint density at radius 3 is 2.58 bits per heavy atom. The number of nitrogens with zero attached hydrogens (tertiary/aromatic N) is 2. The Bertz CT molecular complexity index is 1560. The fourth-order valence-corrected chi connectivity index (χ4v) is 6.29. The highest BCUT2D eigenvalue weighted by atomic mass is 32.2. The molecule has 0 radical (unpaired) electrons. The summed E-state index contributed by atoms with van der Waals surface area (Å²) in [6.45, 7) is 5.18. The molecule has 3 aromatic carbocycles. The SMILES string of the molecule is COc1ccc(S(=O)(=O)Nc2cccc3c2O[C@@H](CN(C)Cc2ccc4c(c2)OCO4)[C@H](C)CN([C@@H](C)CO)C3=O)cc1. The number of carbonyl (C=O) groups is 1. The Labute approximate surface area is 252 Å². The van der Waals surface area contributed by atoms with Gasteiger partial charge < -0.3 is 29.0 Å². The molecule has 2 heterocycles. The van der Waals surface area contributed by atoms with E-state index in [1.54, 1.807) is 42.2 Å². The number of benzene rings is 3. The van der Waals surface area contributed by atoms with Crippen molar-refractivity contribution >= 4 is 21.6 Å². The molecule has 43 heavy (non-hydrogen) atoms. The van der Waals surface area contributed by atoms with E-state index >= 15 is 0 Å². The van der Waals surface area contributed by atoms with Crippen LogP contribution in [0.2, 0.25) is 0 Å². The molecule has 3 aromatic rings. The highest BCUT2D eigenvalue weighted by molar-refractivity contribution is 7.92. The normalized spacial score (nSPS) is 18.8. The van der Waals surface area contributed by atoms with E-state index in [1.807, 2.05) is 32.2 Å². The van der Waals surface area contributed by atoms with Crippen LogP contribution >= 0.6 is 0 Å². The van der Waals surface area contributed by atoms with Gasteiger partial charge in [-0.25, -0.2) is 8.42 Å². The van der Waals surface area contributed by atoms with Crippen LogP contribution in [0.15, 0.2) is 65.6 Å². The van der Waals surface area contributed by atoms with Gasteiger partial charge in [0.15, 0.2) is 17.2 Å². The summed E-state index contributed by atoms with van der Waals surface area (Å²) in [4.78, 5) is 17.5. The number of likely N-dealkylation sites (N-methyl/N-ethyl adjacent to an activating group) is 1. The summed E-state index contributed by atoms with van der Waals surface area (Å²) in [6, 6.07) is 16.2. The first-order chi connectivity index (χ1) is 20.6. The maximum atomic E-state index is 13.8. The number of anilines is 1. The van der Waals surface area contributed by atoms with Crippen molar-refractivity contribution in [2.45, 2.75) is 37.4 Å². The molecule has 0 spiro atoms. The Balaban J connectivity index is 1.46. The van der Waals surface area contributed by atoms with E-state index in [0.29, 0.717) is 36.9 Å². The lowest BCUT2D eigenvalue weighted by molar-refractivity contribution is 0.0344. The molecule has 2 N–H and O–H groups in total. The third kappa shape index (κ3) is 6.66. The zero-order valence-electron chi connectivity index (χ0n) is 24.6. The predicted molar refractivity (Wildman–Crippen MR) is 160 cm³/mol. The number of hydrogen-bond acceptors (Lipinski definition) is 9. The maximum Gasteiger partial charge on any atom is 0.262 e. The maximum absolute atomic E-state index is 13.8. The van der Waals surface area contributed by atoms with Crippen LogP contribution in [0.25, 0.3) is 0 Å². The summed E-state index contributed by atoms with van der Waals surface area (Å²) in [5.74, 6) is 1.59. The Hall–Kier alpha value is -4.00. The fourth-order valence-electron chi connectivity index (χ4n) is 5.22. The summed E-state index contributed by atoms with van der Waals surface area (Å²) in [7, 11) is -0.555. The number of ether oxygens (including phenoxy) is 4. The molecule has 12 heteroatoms. The molecule has 5 rings (SSSR count). The van der Waals surface area contributed by atoms with Gasteiger partial charge in [-0.05, 0) is 68.1 Å². The second kappa shape index (κ2) is 12.7. The van der Waals surface area contributed by atoms with Gasteiger partial charge in [0.05, 0.1) is 35.9 Å². The van der Waals surface area contributed by atoms with Crippen molar-refractivity contribution in [3.63, 3.8) is 0 Å². The molecule has 0 aromatic heterocycles. The first-order valence-electron chi connectivity index (χ1n) is 14.0. The molecule has 0 aliphatic carbocycles. The minimum Gasteiger partial charge on any atom is -0.497 e. The molecule has 0 saturated carbocycles. The highest BCUT2D eigenvalue weighted by Gasteiger charge is 2.35. The molecule has 2 aliphatic rings. The molecule has 11 nitrogen and oxygen atoms in total. The van der Waals surface area contributed by atoms with Gasteiger partial charge in [0.1, 0.15) is 11.9 Å². The van der Waals surface area contributed by atoms with Crippen molar-refractivity contribution in [3.05, 3.63) is 71.8 Å². The average molecular weight is 612 g/mol. The predicted octanol–water partition coefficient (Wildman–Crippen LogP) is 3.58. The van der Waals surface area contributed by atoms with Gasteiger partial charge in [-0.15, -0.1) is 0 Å². The first kappa shape index (κ1) is 30.5. The van der Waals surface area contributed by atoms with Gasteiger partial charge in [-0.2, -0.15) is 0 Å². The van der Waals surface area contributed by atoms with E-state index in [2.05, 4.69) is 9.62 Å². The number of carbonyl (C=O) groups excluding carboxylic acids is 1. The summed E-state index contributed by atoms with van der Waals surface area (Å²) < 4.78 is 52.1. The van der Waals surface area contributed by atoms with E-state index in [4.69, 9.17) is 18.9 Å². The molecule has 230 valence electrons. The van der Waals surface area contributed by atoms with Gasteiger partial charge >= 0.3 is 0 Å². The molecule has 0 unspecified atom stereocenters. The van der Waals surface area contributed by atoms with E-state index in [9.17, 15) is 18.3 Å². The van der Waals surface area contributed by atoms with Crippen LogP contribution in [0.4, 0.5) is 5.69 Å².